The van der Waals surface area contributed by atoms with E-state index in [1.165, 1.54) is 156 Å². The molecular weight excluding hydrogens is 797 g/mol. The highest BCUT2D eigenvalue weighted by Crippen LogP contribution is 2.61. The summed E-state index contributed by atoms with van der Waals surface area (Å²) in [5.74, 6) is 1.04. The fourth-order valence-electron chi connectivity index (χ4n) is 14.2. The summed E-state index contributed by atoms with van der Waals surface area (Å²) in [6, 6.07) is 53.9. The fourth-order valence-corrected chi connectivity index (χ4v) is 14.2. The molecule has 0 aliphatic heterocycles. The second-order valence-corrected chi connectivity index (χ2v) is 20.2. The van der Waals surface area contributed by atoms with Crippen LogP contribution < -0.4 is 0 Å². The molecule has 15 rings (SSSR count). The quantitative estimate of drug-likeness (QED) is 0.156. The molecule has 0 fully saturated rings. The van der Waals surface area contributed by atoms with Gasteiger partial charge in [0.25, 0.3) is 0 Å². The molecule has 0 saturated heterocycles. The summed E-state index contributed by atoms with van der Waals surface area (Å²) >= 11 is 0. The summed E-state index contributed by atoms with van der Waals surface area (Å²) in [6.45, 7) is 0. The lowest BCUT2D eigenvalue weighted by Gasteiger charge is -2.42. The summed E-state index contributed by atoms with van der Waals surface area (Å²) in [6.07, 6.45) is 23.6. The number of nitrogens with zero attached hydrogens (tertiary/aromatic N) is 2. The first kappa shape index (κ1) is 37.3. The molecule has 0 saturated carbocycles. The van der Waals surface area contributed by atoms with E-state index in [2.05, 4.69) is 173 Å². The van der Waals surface area contributed by atoms with Crippen molar-refractivity contribution in [2.75, 3.05) is 0 Å². The summed E-state index contributed by atoms with van der Waals surface area (Å²) in [4.78, 5) is 0. The molecule has 0 bridgehead atoms. The first-order valence-electron chi connectivity index (χ1n) is 25.0. The Morgan fingerprint density at radius 3 is 2.30 bits per heavy atom. The van der Waals surface area contributed by atoms with Crippen molar-refractivity contribution in [1.29, 1.82) is 0 Å². The highest BCUT2D eigenvalue weighted by Gasteiger charge is 2.44. The van der Waals surface area contributed by atoms with Gasteiger partial charge in [-0.3, -0.25) is 0 Å². The van der Waals surface area contributed by atoms with Crippen LogP contribution in [0.5, 0.6) is 0 Å². The highest BCUT2D eigenvalue weighted by molar-refractivity contribution is 6.17. The molecule has 6 aliphatic rings. The Balaban J connectivity index is 0.977. The van der Waals surface area contributed by atoms with Gasteiger partial charge in [0.15, 0.2) is 0 Å². The number of fused-ring (bicyclic) bond motifs is 12. The van der Waals surface area contributed by atoms with Crippen molar-refractivity contribution >= 4 is 71.1 Å². The summed E-state index contributed by atoms with van der Waals surface area (Å²) in [5.41, 5.74) is 23.4. The first-order valence-corrected chi connectivity index (χ1v) is 25.0. The van der Waals surface area contributed by atoms with Gasteiger partial charge in [0.2, 0.25) is 0 Å². The van der Waals surface area contributed by atoms with Crippen LogP contribution in [0.1, 0.15) is 103 Å². The zero-order valence-corrected chi connectivity index (χ0v) is 37.5. The Labute approximate surface area is 386 Å². The molecule has 0 amide bonds. The lowest BCUT2D eigenvalue weighted by atomic mass is 9.61. The Hall–Kier alpha value is -6.90. The smallest absolute Gasteiger partial charge is 0.0541 e. The summed E-state index contributed by atoms with van der Waals surface area (Å²) < 4.78 is 5.18. The van der Waals surface area contributed by atoms with Gasteiger partial charge >= 0.3 is 0 Å². The third-order valence-corrected chi connectivity index (χ3v) is 16.9. The molecule has 7 aromatic carbocycles. The zero-order chi connectivity index (χ0) is 43.0. The lowest BCUT2D eigenvalue weighted by molar-refractivity contribution is 0.476. The first-order chi connectivity index (χ1) is 32.8. The summed E-state index contributed by atoms with van der Waals surface area (Å²) in [7, 11) is 0. The molecule has 9 aromatic rings. The molecule has 2 heteroatoms. The minimum atomic E-state index is 0.311. The van der Waals surface area contributed by atoms with Crippen LogP contribution in [0.2, 0.25) is 0 Å². The second kappa shape index (κ2) is 14.3. The topological polar surface area (TPSA) is 9.86 Å². The number of hydrogen-bond acceptors (Lipinski definition) is 0. The summed E-state index contributed by atoms with van der Waals surface area (Å²) in [5, 5.41) is 9.74. The van der Waals surface area contributed by atoms with E-state index < -0.39 is 0 Å². The predicted octanol–water partition coefficient (Wildman–Crippen LogP) is 16.7. The molecule has 66 heavy (non-hydrogen) atoms. The Morgan fingerprint density at radius 2 is 1.38 bits per heavy atom. The van der Waals surface area contributed by atoms with Crippen LogP contribution >= 0.6 is 0 Å². The van der Waals surface area contributed by atoms with Crippen LogP contribution in [0.4, 0.5) is 0 Å². The molecule has 0 radical (unpaired) electrons. The van der Waals surface area contributed by atoms with E-state index in [1.807, 2.05) is 0 Å². The van der Waals surface area contributed by atoms with Crippen molar-refractivity contribution in [2.24, 2.45) is 5.92 Å². The number of para-hydroxylation sites is 2. The number of aryl methyl sites for hydroxylation is 1. The maximum Gasteiger partial charge on any atom is 0.0541 e. The van der Waals surface area contributed by atoms with Gasteiger partial charge in [-0.2, -0.15) is 0 Å². The van der Waals surface area contributed by atoms with Gasteiger partial charge in [0, 0.05) is 45.1 Å². The SMILES string of the molecule is C1=CC2=C(c3ccc4c(c3)c3ccccc3n4-c3ccccc3)C3=C(CC4C(=C3)c3cccc5c3c4cc3ccccc35)C(c3ccc4c(c3)c3c(n4C4=CCCCC4)CCCC3)C2CC1. The van der Waals surface area contributed by atoms with E-state index in [1.54, 1.807) is 22.5 Å². The largest absolute Gasteiger partial charge is 0.317 e. The van der Waals surface area contributed by atoms with E-state index in [9.17, 15) is 0 Å². The number of rotatable bonds is 4. The average Bonchev–Trinajstić information content (AvgIpc) is 4.01. The number of aromatic nitrogens is 2. The Bertz CT molecular complexity index is 3740. The van der Waals surface area contributed by atoms with Gasteiger partial charge in [0.05, 0.1) is 16.6 Å². The normalized spacial score (nSPS) is 21.1. The molecule has 3 atom stereocenters. The lowest BCUT2D eigenvalue weighted by Crippen LogP contribution is -2.27. The van der Waals surface area contributed by atoms with Gasteiger partial charge in [-0.05, 0) is 203 Å². The molecule has 318 valence electrons. The monoisotopic (exact) mass is 848 g/mol. The minimum absolute atomic E-state index is 0.311. The van der Waals surface area contributed by atoms with Crippen molar-refractivity contribution in [3.8, 4) is 5.69 Å². The molecule has 2 heterocycles. The van der Waals surface area contributed by atoms with Crippen molar-refractivity contribution in [3.63, 3.8) is 0 Å². The van der Waals surface area contributed by atoms with Crippen molar-refractivity contribution in [1.82, 2.24) is 9.13 Å². The van der Waals surface area contributed by atoms with E-state index in [0.717, 1.165) is 19.3 Å². The average molecular weight is 849 g/mol. The standard InChI is InChI=1S/C64H52N2/c1-3-17-42(18-4-1)65-58-28-13-11-22-45(58)53-35-40(30-32-60(53)65)62-48-24-9-10-25-49(48)63(41-31-33-61-54(36-41)46-23-12-14-29-59(46)66(61)43-19-5-2-6-20-43)57-38-52-51(37-56(57)62)50-27-15-26-47-44-21-8-7-16-39(44)34-55(52)64(47)50/h1,3-4,7-9,11,13,15-19,21-22,24,26-28,30-37,49,52,63H,2,5-6,10,12,14,20,23,25,29,38H2. The molecular formula is C64H52N2. The van der Waals surface area contributed by atoms with Crippen LogP contribution in [0.25, 0.3) is 76.8 Å². The van der Waals surface area contributed by atoms with Gasteiger partial charge in [-0.25, -0.2) is 0 Å². The molecule has 2 nitrogen and oxygen atoms in total. The third-order valence-electron chi connectivity index (χ3n) is 16.9. The zero-order valence-electron chi connectivity index (χ0n) is 37.5. The maximum atomic E-state index is 2.73. The van der Waals surface area contributed by atoms with E-state index in [-0.39, 0.29) is 0 Å². The van der Waals surface area contributed by atoms with E-state index >= 15 is 0 Å². The molecule has 3 unspecified atom stereocenters. The second-order valence-electron chi connectivity index (χ2n) is 20.2. The Kier molecular flexibility index (Phi) is 8.09. The van der Waals surface area contributed by atoms with Crippen LogP contribution in [-0.4, -0.2) is 9.13 Å². The number of allylic oxidation sites excluding steroid dienone is 10. The maximum absolute atomic E-state index is 2.73. The van der Waals surface area contributed by atoms with Gasteiger partial charge in [-0.15, -0.1) is 0 Å². The molecule has 0 N–H and O–H groups in total. The number of benzene rings is 7. The van der Waals surface area contributed by atoms with Gasteiger partial charge in [0.1, 0.15) is 0 Å². The van der Waals surface area contributed by atoms with Crippen LogP contribution in [0.3, 0.4) is 0 Å². The molecule has 0 spiro atoms. The highest BCUT2D eigenvalue weighted by atomic mass is 15.0. The van der Waals surface area contributed by atoms with Gasteiger partial charge in [-0.1, -0.05) is 115 Å². The Morgan fingerprint density at radius 1 is 0.576 bits per heavy atom. The number of hydrogen-bond donors (Lipinski definition) is 0. The van der Waals surface area contributed by atoms with Crippen LogP contribution in [0.15, 0.2) is 181 Å². The fraction of sp³-hybridized carbons (Fsp3) is 0.219. The van der Waals surface area contributed by atoms with Crippen molar-refractivity contribution in [2.45, 2.75) is 82.5 Å². The van der Waals surface area contributed by atoms with Crippen molar-refractivity contribution < 1.29 is 0 Å². The minimum Gasteiger partial charge on any atom is -0.317 e. The third kappa shape index (κ3) is 5.25. The predicted molar refractivity (Wildman–Crippen MR) is 277 cm³/mol. The van der Waals surface area contributed by atoms with Crippen molar-refractivity contribution in [3.05, 3.63) is 214 Å². The van der Waals surface area contributed by atoms with Crippen LogP contribution in [0, 0.1) is 5.92 Å². The molecule has 2 aromatic heterocycles. The van der Waals surface area contributed by atoms with E-state index in [4.69, 9.17) is 0 Å². The molecule has 6 aliphatic carbocycles. The van der Waals surface area contributed by atoms with E-state index in [0.29, 0.717) is 17.8 Å². The van der Waals surface area contributed by atoms with Crippen LogP contribution in [-0.2, 0) is 12.8 Å². The van der Waals surface area contributed by atoms with Gasteiger partial charge < -0.3 is 9.13 Å².